The number of aromatic nitrogens is 4. The van der Waals surface area contributed by atoms with E-state index in [2.05, 4.69) is 20.7 Å². The van der Waals surface area contributed by atoms with Crippen molar-refractivity contribution in [1.82, 2.24) is 24.8 Å². The molecular formula is C27H31N7O3S. The Morgan fingerprint density at radius 3 is 2.66 bits per heavy atom. The smallest absolute Gasteiger partial charge is 0.221 e. The topological polar surface area (TPSA) is 106 Å². The number of morpholine rings is 1. The number of ether oxygens (including phenoxy) is 2. The lowest BCUT2D eigenvalue weighted by atomic mass is 10.2. The Bertz CT molecular complexity index is 1390. The summed E-state index contributed by atoms with van der Waals surface area (Å²) in [5.41, 5.74) is 5.65. The van der Waals surface area contributed by atoms with E-state index in [4.69, 9.17) is 19.4 Å². The van der Waals surface area contributed by atoms with Crippen LogP contribution in [0.5, 0.6) is 5.75 Å². The number of rotatable bonds is 10. The summed E-state index contributed by atoms with van der Waals surface area (Å²) in [4.78, 5) is 26.0. The molecule has 2 aromatic carbocycles. The van der Waals surface area contributed by atoms with Crippen molar-refractivity contribution in [3.8, 4) is 5.75 Å². The summed E-state index contributed by atoms with van der Waals surface area (Å²) in [6.45, 7) is 8.52. The van der Waals surface area contributed by atoms with Crippen LogP contribution in [-0.2, 0) is 9.53 Å². The Kier molecular flexibility index (Phi) is 8.37. The van der Waals surface area contributed by atoms with Gasteiger partial charge in [-0.05, 0) is 67.6 Å². The average Bonchev–Trinajstić information content (AvgIpc) is 3.32. The van der Waals surface area contributed by atoms with Crippen molar-refractivity contribution in [3.05, 3.63) is 60.4 Å². The summed E-state index contributed by atoms with van der Waals surface area (Å²) < 4.78 is 11.7. The molecule has 10 nitrogen and oxygen atoms in total. The maximum absolute atomic E-state index is 11.3. The average molecular weight is 534 g/mol. The van der Waals surface area contributed by atoms with Crippen LogP contribution in [0.3, 0.4) is 0 Å². The van der Waals surface area contributed by atoms with Gasteiger partial charge in [-0.15, -0.1) is 0 Å². The monoisotopic (exact) mass is 533 g/mol. The largest absolute Gasteiger partial charge is 0.491 e. The molecule has 1 fully saturated rings. The van der Waals surface area contributed by atoms with Gasteiger partial charge in [-0.3, -0.25) is 15.1 Å². The van der Waals surface area contributed by atoms with Crippen LogP contribution < -0.4 is 15.5 Å². The molecule has 11 heteroatoms. The fourth-order valence-electron chi connectivity index (χ4n) is 4.15. The molecule has 0 spiro atoms. The van der Waals surface area contributed by atoms with Crippen molar-refractivity contribution in [2.24, 2.45) is 0 Å². The van der Waals surface area contributed by atoms with Gasteiger partial charge in [0.25, 0.3) is 0 Å². The number of nitrogens with one attached hydrogen (secondary N) is 2. The highest BCUT2D eigenvalue weighted by atomic mass is 32.2. The molecule has 38 heavy (non-hydrogen) atoms. The van der Waals surface area contributed by atoms with E-state index >= 15 is 0 Å². The third-order valence-corrected chi connectivity index (χ3v) is 6.85. The van der Waals surface area contributed by atoms with E-state index in [0.717, 1.165) is 72.2 Å². The number of amides is 1. The molecule has 0 aliphatic carbocycles. The first-order chi connectivity index (χ1) is 18.5. The molecule has 1 saturated heterocycles. The molecule has 2 aromatic heterocycles. The van der Waals surface area contributed by atoms with Crippen LogP contribution in [0.1, 0.15) is 19.0 Å². The van der Waals surface area contributed by atoms with Gasteiger partial charge in [0.1, 0.15) is 11.3 Å². The predicted molar refractivity (Wildman–Crippen MR) is 148 cm³/mol. The summed E-state index contributed by atoms with van der Waals surface area (Å²) in [6.07, 6.45) is 2.77. The van der Waals surface area contributed by atoms with Crippen molar-refractivity contribution in [1.29, 1.82) is 0 Å². The Morgan fingerprint density at radius 1 is 1.11 bits per heavy atom. The number of aryl methyl sites for hydroxylation is 1. The summed E-state index contributed by atoms with van der Waals surface area (Å²) in [5, 5.41) is 8.64. The van der Waals surface area contributed by atoms with Gasteiger partial charge in [0, 0.05) is 48.7 Å². The van der Waals surface area contributed by atoms with E-state index in [1.54, 1.807) is 4.79 Å². The number of nitrogens with zero attached hydrogens (tertiary/aromatic N) is 5. The van der Waals surface area contributed by atoms with Crippen LogP contribution in [0.2, 0.25) is 0 Å². The molecule has 0 saturated carbocycles. The van der Waals surface area contributed by atoms with E-state index in [1.165, 1.54) is 18.7 Å². The minimum atomic E-state index is -0.106. The number of carbonyl (C=O) groups excluding carboxylic acids is 1. The van der Waals surface area contributed by atoms with E-state index in [-0.39, 0.29) is 5.91 Å². The lowest BCUT2D eigenvalue weighted by Gasteiger charge is -2.26. The fraction of sp³-hybridized carbons (Fsp3) is 0.333. The highest BCUT2D eigenvalue weighted by Crippen LogP contribution is 2.33. The zero-order valence-corrected chi connectivity index (χ0v) is 22.3. The van der Waals surface area contributed by atoms with Crippen LogP contribution >= 0.6 is 11.8 Å². The SMILES string of the molecule is CC(=O)Nc1ccc(Sc2nc(Nn3ccc(C)n3)c3cccc(OCCCN4CCOCC4)c3n2)cc1. The van der Waals surface area contributed by atoms with Crippen molar-refractivity contribution < 1.29 is 14.3 Å². The number of carbonyl (C=O) groups is 1. The van der Waals surface area contributed by atoms with Gasteiger partial charge < -0.3 is 14.8 Å². The van der Waals surface area contributed by atoms with Crippen molar-refractivity contribution in [2.45, 2.75) is 30.3 Å². The van der Waals surface area contributed by atoms with Crippen molar-refractivity contribution >= 4 is 40.1 Å². The molecule has 1 aliphatic rings. The Balaban J connectivity index is 1.39. The van der Waals surface area contributed by atoms with E-state index in [9.17, 15) is 4.79 Å². The first-order valence-electron chi connectivity index (χ1n) is 12.6. The molecule has 3 heterocycles. The number of anilines is 2. The summed E-state index contributed by atoms with van der Waals surface area (Å²) in [5.74, 6) is 1.24. The summed E-state index contributed by atoms with van der Waals surface area (Å²) >= 11 is 1.44. The third-order valence-electron chi connectivity index (χ3n) is 5.98. The molecule has 4 aromatic rings. The Labute approximate surface area is 225 Å². The maximum Gasteiger partial charge on any atom is 0.221 e. The van der Waals surface area contributed by atoms with Crippen LogP contribution in [0.15, 0.2) is 64.8 Å². The van der Waals surface area contributed by atoms with E-state index in [1.807, 2.05) is 61.7 Å². The van der Waals surface area contributed by atoms with Crippen molar-refractivity contribution in [2.75, 3.05) is 50.2 Å². The van der Waals surface area contributed by atoms with Gasteiger partial charge in [0.15, 0.2) is 11.0 Å². The second kappa shape index (κ2) is 12.2. The van der Waals surface area contributed by atoms with Crippen LogP contribution in [0.25, 0.3) is 10.9 Å². The fourth-order valence-corrected chi connectivity index (χ4v) is 4.91. The third kappa shape index (κ3) is 6.80. The molecule has 0 bridgehead atoms. The van der Waals surface area contributed by atoms with Crippen molar-refractivity contribution in [3.63, 3.8) is 0 Å². The first-order valence-corrected chi connectivity index (χ1v) is 13.4. The summed E-state index contributed by atoms with van der Waals surface area (Å²) in [7, 11) is 0. The van der Waals surface area contributed by atoms with Gasteiger partial charge in [-0.1, -0.05) is 6.07 Å². The Hall–Kier alpha value is -3.67. The normalized spacial score (nSPS) is 13.9. The van der Waals surface area contributed by atoms with Gasteiger partial charge in [-0.2, -0.15) is 9.89 Å². The van der Waals surface area contributed by atoms with E-state index < -0.39 is 0 Å². The molecule has 0 unspecified atom stereocenters. The van der Waals surface area contributed by atoms with E-state index in [0.29, 0.717) is 17.6 Å². The summed E-state index contributed by atoms with van der Waals surface area (Å²) in [6, 6.07) is 15.4. The van der Waals surface area contributed by atoms with Crippen LogP contribution in [-0.4, -0.2) is 70.1 Å². The highest BCUT2D eigenvalue weighted by molar-refractivity contribution is 7.99. The lowest BCUT2D eigenvalue weighted by Crippen LogP contribution is -2.37. The maximum atomic E-state index is 11.3. The number of para-hydroxylation sites is 1. The molecule has 0 atom stereocenters. The standard InChI is InChI=1S/C27H31N7O3S/c1-19-11-13-34(31-19)32-26-23-5-3-6-24(37-16-4-12-33-14-17-36-18-15-33)25(23)29-27(30-26)38-22-9-7-21(8-10-22)28-20(2)35/h3,5-11,13H,4,12,14-18H2,1-2H3,(H,28,35)(H,29,30,32). The van der Waals surface area contributed by atoms with Crippen LogP contribution in [0.4, 0.5) is 11.5 Å². The lowest BCUT2D eigenvalue weighted by molar-refractivity contribution is -0.114. The number of hydrogen-bond donors (Lipinski definition) is 2. The first kappa shape index (κ1) is 26.0. The number of benzene rings is 2. The molecule has 1 aliphatic heterocycles. The second-order valence-electron chi connectivity index (χ2n) is 8.98. The Morgan fingerprint density at radius 2 is 1.92 bits per heavy atom. The van der Waals surface area contributed by atoms with Gasteiger partial charge in [0.2, 0.25) is 5.91 Å². The minimum Gasteiger partial charge on any atom is -0.491 e. The minimum absolute atomic E-state index is 0.106. The molecule has 1 amide bonds. The van der Waals surface area contributed by atoms with Gasteiger partial charge in [0.05, 0.1) is 25.5 Å². The predicted octanol–water partition coefficient (Wildman–Crippen LogP) is 4.22. The molecule has 5 rings (SSSR count). The second-order valence-corrected chi connectivity index (χ2v) is 10.0. The quantitative estimate of drug-likeness (QED) is 0.229. The molecule has 198 valence electrons. The zero-order valence-electron chi connectivity index (χ0n) is 21.5. The van der Waals surface area contributed by atoms with Crippen LogP contribution in [0, 0.1) is 6.92 Å². The van der Waals surface area contributed by atoms with Gasteiger partial charge in [-0.25, -0.2) is 9.97 Å². The molecule has 2 N–H and O–H groups in total. The number of fused-ring (bicyclic) bond motifs is 1. The zero-order chi connectivity index (χ0) is 26.3. The van der Waals surface area contributed by atoms with Gasteiger partial charge >= 0.3 is 0 Å². The molecular weight excluding hydrogens is 502 g/mol. The highest BCUT2D eigenvalue weighted by Gasteiger charge is 2.15. The number of hydrogen-bond acceptors (Lipinski definition) is 9. The molecule has 0 radical (unpaired) electrons.